The van der Waals surface area contributed by atoms with Crippen molar-refractivity contribution in [3.05, 3.63) is 58.9 Å². The minimum Gasteiger partial charge on any atom is -0.379 e. The van der Waals surface area contributed by atoms with Crippen LogP contribution in [-0.2, 0) is 20.9 Å². The zero-order valence-electron chi connectivity index (χ0n) is 20.7. The standard InChI is InChI=1S/C27H28FN5O5/c28-19-12-16(13-31-14-17(15-31)32-8-10-38-11-9-32)4-5-20(19)29-21-3-1-2-18-24(21)27(37)33(26(18)36)22-6-7-23(34)30-25(22)35/h1-5,12,17,22,29H,6-11,13-15H2,(H,30,34,35). The Morgan fingerprint density at radius 1 is 1.00 bits per heavy atom. The molecule has 0 radical (unpaired) electrons. The Labute approximate surface area is 218 Å². The third kappa shape index (κ3) is 4.46. The van der Waals surface area contributed by atoms with E-state index in [2.05, 4.69) is 20.4 Å². The number of carbonyl (C=O) groups excluding carboxylic acids is 4. The first kappa shape index (κ1) is 24.7. The lowest BCUT2D eigenvalue weighted by Gasteiger charge is -2.46. The molecule has 4 aliphatic heterocycles. The van der Waals surface area contributed by atoms with E-state index in [1.807, 2.05) is 6.07 Å². The molecule has 11 heteroatoms. The minimum absolute atomic E-state index is 0.0395. The number of nitrogens with zero attached hydrogens (tertiary/aromatic N) is 3. The molecular weight excluding hydrogens is 493 g/mol. The number of amides is 4. The van der Waals surface area contributed by atoms with Crippen LogP contribution in [0.4, 0.5) is 15.8 Å². The fourth-order valence-corrected chi connectivity index (χ4v) is 5.63. The predicted octanol–water partition coefficient (Wildman–Crippen LogP) is 1.49. The lowest BCUT2D eigenvalue weighted by molar-refractivity contribution is -0.136. The number of rotatable bonds is 6. The monoisotopic (exact) mass is 521 g/mol. The summed E-state index contributed by atoms with van der Waals surface area (Å²) < 4.78 is 20.5. The second-order valence-corrected chi connectivity index (χ2v) is 10.1. The molecule has 198 valence electrons. The molecule has 0 aliphatic carbocycles. The summed E-state index contributed by atoms with van der Waals surface area (Å²) in [6, 6.07) is 9.11. The summed E-state index contributed by atoms with van der Waals surface area (Å²) in [6.07, 6.45) is 0.108. The van der Waals surface area contributed by atoms with E-state index in [4.69, 9.17) is 4.74 Å². The van der Waals surface area contributed by atoms with Crippen LogP contribution in [0.3, 0.4) is 0 Å². The van der Waals surface area contributed by atoms with Gasteiger partial charge in [0.15, 0.2) is 0 Å². The lowest BCUT2D eigenvalue weighted by Crippen LogP contribution is -2.60. The van der Waals surface area contributed by atoms with E-state index >= 15 is 4.39 Å². The van der Waals surface area contributed by atoms with Gasteiger partial charge in [-0.3, -0.25) is 39.2 Å². The molecule has 4 amide bonds. The number of likely N-dealkylation sites (tertiary alicyclic amines) is 1. The Morgan fingerprint density at radius 2 is 1.79 bits per heavy atom. The van der Waals surface area contributed by atoms with Crippen molar-refractivity contribution in [2.45, 2.75) is 31.5 Å². The second kappa shape index (κ2) is 9.90. The van der Waals surface area contributed by atoms with Crippen LogP contribution in [0.25, 0.3) is 0 Å². The molecule has 0 aromatic heterocycles. The van der Waals surface area contributed by atoms with Gasteiger partial charge in [0.2, 0.25) is 11.8 Å². The number of hydrogen-bond acceptors (Lipinski definition) is 8. The molecule has 0 bridgehead atoms. The highest BCUT2D eigenvalue weighted by molar-refractivity contribution is 6.25. The fraction of sp³-hybridized carbons (Fsp3) is 0.407. The Morgan fingerprint density at radius 3 is 2.53 bits per heavy atom. The van der Waals surface area contributed by atoms with E-state index in [0.29, 0.717) is 12.6 Å². The summed E-state index contributed by atoms with van der Waals surface area (Å²) in [7, 11) is 0. The molecule has 2 aromatic rings. The lowest BCUT2D eigenvalue weighted by atomic mass is 10.0. The van der Waals surface area contributed by atoms with Crippen LogP contribution >= 0.6 is 0 Å². The quantitative estimate of drug-likeness (QED) is 0.550. The number of imide groups is 2. The first-order chi connectivity index (χ1) is 18.4. The molecule has 38 heavy (non-hydrogen) atoms. The maximum Gasteiger partial charge on any atom is 0.264 e. The first-order valence-corrected chi connectivity index (χ1v) is 12.8. The summed E-state index contributed by atoms with van der Waals surface area (Å²) in [4.78, 5) is 55.8. The van der Waals surface area contributed by atoms with E-state index in [1.54, 1.807) is 18.2 Å². The molecule has 0 saturated carbocycles. The van der Waals surface area contributed by atoms with Gasteiger partial charge in [0.1, 0.15) is 11.9 Å². The summed E-state index contributed by atoms with van der Waals surface area (Å²) in [5.74, 6) is -2.83. The van der Waals surface area contributed by atoms with Crippen molar-refractivity contribution in [1.82, 2.24) is 20.0 Å². The molecule has 3 saturated heterocycles. The van der Waals surface area contributed by atoms with Crippen molar-refractivity contribution in [3.8, 4) is 0 Å². The minimum atomic E-state index is -1.06. The van der Waals surface area contributed by atoms with Crippen molar-refractivity contribution in [3.63, 3.8) is 0 Å². The van der Waals surface area contributed by atoms with Crippen LogP contribution in [0.15, 0.2) is 36.4 Å². The van der Waals surface area contributed by atoms with Crippen molar-refractivity contribution in [2.75, 3.05) is 44.7 Å². The smallest absolute Gasteiger partial charge is 0.264 e. The van der Waals surface area contributed by atoms with Crippen LogP contribution in [-0.4, -0.2) is 89.8 Å². The molecule has 3 fully saturated rings. The molecule has 10 nitrogen and oxygen atoms in total. The molecule has 4 heterocycles. The summed E-state index contributed by atoms with van der Waals surface area (Å²) in [5.41, 5.74) is 1.52. The van der Waals surface area contributed by atoms with Gasteiger partial charge in [-0.05, 0) is 36.2 Å². The fourth-order valence-electron chi connectivity index (χ4n) is 5.63. The van der Waals surface area contributed by atoms with Crippen molar-refractivity contribution in [1.29, 1.82) is 0 Å². The molecule has 1 unspecified atom stereocenters. The van der Waals surface area contributed by atoms with Gasteiger partial charge in [-0.2, -0.15) is 0 Å². The Hall–Kier alpha value is -3.67. The third-order valence-electron chi connectivity index (χ3n) is 7.68. The molecule has 1 atom stereocenters. The normalized spacial score (nSPS) is 22.9. The number of fused-ring (bicyclic) bond motifs is 1. The molecular formula is C27H28FN5O5. The molecule has 2 N–H and O–H groups in total. The zero-order chi connectivity index (χ0) is 26.4. The number of morpholine rings is 1. The number of benzene rings is 2. The third-order valence-corrected chi connectivity index (χ3v) is 7.68. The molecule has 2 aromatic carbocycles. The van der Waals surface area contributed by atoms with E-state index in [-0.39, 0.29) is 35.3 Å². The van der Waals surface area contributed by atoms with E-state index in [0.717, 1.165) is 49.9 Å². The maximum absolute atomic E-state index is 15.1. The Kier molecular flexibility index (Phi) is 6.42. The number of anilines is 2. The predicted molar refractivity (Wildman–Crippen MR) is 134 cm³/mol. The highest BCUT2D eigenvalue weighted by Gasteiger charge is 2.45. The van der Waals surface area contributed by atoms with Gasteiger partial charge in [0.05, 0.1) is 35.7 Å². The summed E-state index contributed by atoms with van der Waals surface area (Å²) in [6.45, 7) is 5.99. The molecule has 0 spiro atoms. The van der Waals surface area contributed by atoms with Crippen LogP contribution < -0.4 is 10.6 Å². The van der Waals surface area contributed by atoms with Gasteiger partial charge in [-0.25, -0.2) is 4.39 Å². The summed E-state index contributed by atoms with van der Waals surface area (Å²) in [5, 5.41) is 5.14. The van der Waals surface area contributed by atoms with E-state index in [9.17, 15) is 19.2 Å². The van der Waals surface area contributed by atoms with Crippen molar-refractivity contribution < 1.29 is 28.3 Å². The van der Waals surface area contributed by atoms with Gasteiger partial charge >= 0.3 is 0 Å². The van der Waals surface area contributed by atoms with Gasteiger partial charge in [-0.15, -0.1) is 0 Å². The van der Waals surface area contributed by atoms with Crippen LogP contribution in [0.5, 0.6) is 0 Å². The number of halogens is 1. The number of carbonyl (C=O) groups is 4. The average Bonchev–Trinajstić information content (AvgIpc) is 3.14. The maximum atomic E-state index is 15.1. The van der Waals surface area contributed by atoms with Crippen LogP contribution in [0.1, 0.15) is 39.1 Å². The SMILES string of the molecule is O=C1CCC(N2C(=O)c3cccc(Nc4ccc(CN5CC(N6CCOCC6)C5)cc4F)c3C2=O)C(=O)N1. The number of piperidine rings is 1. The number of nitrogens with one attached hydrogen (secondary N) is 2. The van der Waals surface area contributed by atoms with Gasteiger partial charge in [-0.1, -0.05) is 12.1 Å². The van der Waals surface area contributed by atoms with Gasteiger partial charge in [0.25, 0.3) is 11.8 Å². The molecule has 6 rings (SSSR count). The summed E-state index contributed by atoms with van der Waals surface area (Å²) >= 11 is 0. The van der Waals surface area contributed by atoms with Crippen molar-refractivity contribution >= 4 is 35.0 Å². The van der Waals surface area contributed by atoms with Gasteiger partial charge in [0, 0.05) is 45.2 Å². The average molecular weight is 522 g/mol. The van der Waals surface area contributed by atoms with Crippen LogP contribution in [0.2, 0.25) is 0 Å². The highest BCUT2D eigenvalue weighted by atomic mass is 19.1. The van der Waals surface area contributed by atoms with E-state index < -0.39 is 35.5 Å². The highest BCUT2D eigenvalue weighted by Crippen LogP contribution is 2.34. The first-order valence-electron chi connectivity index (χ1n) is 12.8. The zero-order valence-corrected chi connectivity index (χ0v) is 20.7. The van der Waals surface area contributed by atoms with E-state index in [1.165, 1.54) is 12.1 Å². The second-order valence-electron chi connectivity index (χ2n) is 10.1. The number of hydrogen-bond donors (Lipinski definition) is 2. The Balaban J connectivity index is 1.14. The van der Waals surface area contributed by atoms with Crippen LogP contribution in [0, 0.1) is 5.82 Å². The number of ether oxygens (including phenoxy) is 1. The topological polar surface area (TPSA) is 111 Å². The molecule has 4 aliphatic rings. The van der Waals surface area contributed by atoms with Gasteiger partial charge < -0.3 is 10.1 Å². The van der Waals surface area contributed by atoms with Crippen molar-refractivity contribution in [2.24, 2.45) is 0 Å². The largest absolute Gasteiger partial charge is 0.379 e. The Bertz CT molecular complexity index is 1320.